The van der Waals surface area contributed by atoms with Crippen molar-refractivity contribution in [3.63, 3.8) is 0 Å². The Hall–Kier alpha value is -2.87. The van der Waals surface area contributed by atoms with E-state index in [4.69, 9.17) is 0 Å². The molecule has 0 radical (unpaired) electrons. The van der Waals surface area contributed by atoms with Crippen LogP contribution in [0.3, 0.4) is 0 Å². The summed E-state index contributed by atoms with van der Waals surface area (Å²) in [5.41, 5.74) is 3.60. The van der Waals surface area contributed by atoms with Gasteiger partial charge in [-0.15, -0.1) is 0 Å². The zero-order valence-corrected chi connectivity index (χ0v) is 21.7. The molecule has 2 aromatic rings. The molecule has 0 heterocycles. The highest BCUT2D eigenvalue weighted by atomic mass is 32.2. The molecule has 0 saturated heterocycles. The number of sulfonamides is 1. The number of rotatable bonds is 12. The van der Waals surface area contributed by atoms with E-state index in [1.165, 1.54) is 10.6 Å². The highest BCUT2D eigenvalue weighted by molar-refractivity contribution is 7.92. The van der Waals surface area contributed by atoms with Gasteiger partial charge in [0.2, 0.25) is 21.8 Å². The van der Waals surface area contributed by atoms with Crippen LogP contribution in [0.5, 0.6) is 0 Å². The van der Waals surface area contributed by atoms with Crippen LogP contribution in [0, 0.1) is 13.8 Å². The molecule has 0 aliphatic carbocycles. The molecule has 0 spiro atoms. The van der Waals surface area contributed by atoms with Gasteiger partial charge in [0.15, 0.2) is 0 Å². The molecule has 0 aliphatic rings. The number of nitrogens with one attached hydrogen (secondary N) is 1. The second-order valence-electron chi connectivity index (χ2n) is 8.60. The van der Waals surface area contributed by atoms with E-state index in [0.29, 0.717) is 31.6 Å². The minimum atomic E-state index is -3.50. The monoisotopic (exact) mass is 487 g/mol. The maximum atomic E-state index is 13.3. The fourth-order valence-corrected chi connectivity index (χ4v) is 4.85. The summed E-state index contributed by atoms with van der Waals surface area (Å²) in [5, 5.41) is 2.83. The number of carbonyl (C=O) groups is 2. The Morgan fingerprint density at radius 2 is 1.68 bits per heavy atom. The quantitative estimate of drug-likeness (QED) is 0.493. The molecule has 34 heavy (non-hydrogen) atoms. The SMILES string of the molecule is CCNC(=O)C(CC)N(Cc1ccc(C)cc1)C(=O)CCCN(c1cccc(C)c1)S(C)(=O)=O. The van der Waals surface area contributed by atoms with E-state index in [2.05, 4.69) is 5.32 Å². The van der Waals surface area contributed by atoms with Crippen LogP contribution < -0.4 is 9.62 Å². The van der Waals surface area contributed by atoms with Crippen LogP contribution in [0.2, 0.25) is 0 Å². The first kappa shape index (κ1) is 27.4. The number of anilines is 1. The largest absolute Gasteiger partial charge is 0.355 e. The van der Waals surface area contributed by atoms with Crippen LogP contribution in [0.4, 0.5) is 5.69 Å². The summed E-state index contributed by atoms with van der Waals surface area (Å²) < 4.78 is 26.2. The molecule has 2 amide bonds. The molecule has 0 bridgehead atoms. The highest BCUT2D eigenvalue weighted by Crippen LogP contribution is 2.20. The fraction of sp³-hybridized carbons (Fsp3) is 0.462. The number of likely N-dealkylation sites (N-methyl/N-ethyl adjacent to an activating group) is 1. The lowest BCUT2D eigenvalue weighted by atomic mass is 10.1. The van der Waals surface area contributed by atoms with Crippen molar-refractivity contribution in [1.82, 2.24) is 10.2 Å². The van der Waals surface area contributed by atoms with Crippen LogP contribution in [0.1, 0.15) is 49.8 Å². The lowest BCUT2D eigenvalue weighted by Crippen LogP contribution is -2.49. The van der Waals surface area contributed by atoms with Gasteiger partial charge in [0.1, 0.15) is 6.04 Å². The smallest absolute Gasteiger partial charge is 0.242 e. The highest BCUT2D eigenvalue weighted by Gasteiger charge is 2.28. The van der Waals surface area contributed by atoms with Crippen molar-refractivity contribution in [1.29, 1.82) is 0 Å². The molecule has 7 nitrogen and oxygen atoms in total. The van der Waals surface area contributed by atoms with Gasteiger partial charge in [-0.1, -0.05) is 48.9 Å². The molecular weight excluding hydrogens is 450 g/mol. The van der Waals surface area contributed by atoms with Crippen molar-refractivity contribution in [2.45, 2.75) is 59.5 Å². The van der Waals surface area contributed by atoms with E-state index in [-0.39, 0.29) is 24.8 Å². The average molecular weight is 488 g/mol. The number of aryl methyl sites for hydroxylation is 2. The van der Waals surface area contributed by atoms with Crippen LogP contribution in [0.15, 0.2) is 48.5 Å². The van der Waals surface area contributed by atoms with Gasteiger partial charge in [0.05, 0.1) is 11.9 Å². The fourth-order valence-electron chi connectivity index (χ4n) is 3.89. The van der Waals surface area contributed by atoms with Gasteiger partial charge in [-0.25, -0.2) is 8.42 Å². The topological polar surface area (TPSA) is 86.8 Å². The standard InChI is InChI=1S/C26H37N3O4S/c1-6-24(26(31)27-7-2)28(19-22-15-13-20(3)14-16-22)25(30)12-9-17-29(34(5,32)33)23-11-8-10-21(4)18-23/h8,10-11,13-16,18,24H,6-7,9,12,17,19H2,1-5H3,(H,27,31). The third kappa shape index (κ3) is 7.87. The average Bonchev–Trinajstić information content (AvgIpc) is 2.77. The van der Waals surface area contributed by atoms with Gasteiger partial charge in [-0.2, -0.15) is 0 Å². The van der Waals surface area contributed by atoms with E-state index in [1.54, 1.807) is 11.0 Å². The Bertz CT molecular complexity index is 1070. The van der Waals surface area contributed by atoms with E-state index in [9.17, 15) is 18.0 Å². The van der Waals surface area contributed by atoms with Gasteiger partial charge >= 0.3 is 0 Å². The van der Waals surface area contributed by atoms with E-state index >= 15 is 0 Å². The van der Waals surface area contributed by atoms with E-state index < -0.39 is 16.1 Å². The third-order valence-electron chi connectivity index (χ3n) is 5.65. The van der Waals surface area contributed by atoms with Crippen molar-refractivity contribution in [2.75, 3.05) is 23.7 Å². The molecule has 0 saturated carbocycles. The van der Waals surface area contributed by atoms with Crippen molar-refractivity contribution < 1.29 is 18.0 Å². The number of benzene rings is 2. The van der Waals surface area contributed by atoms with Crippen LogP contribution >= 0.6 is 0 Å². The molecule has 8 heteroatoms. The molecule has 0 aromatic heterocycles. The Morgan fingerprint density at radius 3 is 2.24 bits per heavy atom. The Labute approximate surface area is 204 Å². The summed E-state index contributed by atoms with van der Waals surface area (Å²) in [7, 11) is -3.50. The minimum absolute atomic E-state index is 0.138. The summed E-state index contributed by atoms with van der Waals surface area (Å²) in [6.45, 7) is 8.63. The summed E-state index contributed by atoms with van der Waals surface area (Å²) >= 11 is 0. The van der Waals surface area contributed by atoms with Crippen molar-refractivity contribution in [3.05, 3.63) is 65.2 Å². The predicted molar refractivity (Wildman–Crippen MR) is 137 cm³/mol. The van der Waals surface area contributed by atoms with Crippen LogP contribution in [-0.4, -0.2) is 50.5 Å². The van der Waals surface area contributed by atoms with Gasteiger partial charge in [0, 0.05) is 26.1 Å². The maximum Gasteiger partial charge on any atom is 0.242 e. The van der Waals surface area contributed by atoms with Crippen LogP contribution in [0.25, 0.3) is 0 Å². The molecule has 1 unspecified atom stereocenters. The van der Waals surface area contributed by atoms with Gasteiger partial charge < -0.3 is 10.2 Å². The van der Waals surface area contributed by atoms with Crippen molar-refractivity contribution in [3.8, 4) is 0 Å². The summed E-state index contributed by atoms with van der Waals surface area (Å²) in [6.07, 6.45) is 2.14. The maximum absolute atomic E-state index is 13.3. The van der Waals surface area contributed by atoms with Crippen molar-refractivity contribution >= 4 is 27.5 Å². The lowest BCUT2D eigenvalue weighted by Gasteiger charge is -2.31. The second-order valence-corrected chi connectivity index (χ2v) is 10.5. The first-order chi connectivity index (χ1) is 16.1. The molecule has 1 atom stereocenters. The van der Waals surface area contributed by atoms with Crippen LogP contribution in [-0.2, 0) is 26.2 Å². The molecular formula is C26H37N3O4S. The number of hydrogen-bond donors (Lipinski definition) is 1. The van der Waals surface area contributed by atoms with E-state index in [1.807, 2.05) is 70.2 Å². The number of carbonyl (C=O) groups excluding carboxylic acids is 2. The Kier molecular flexibility index (Phi) is 10.1. The van der Waals surface area contributed by atoms with Gasteiger partial charge in [0.25, 0.3) is 0 Å². The molecule has 2 rings (SSSR count). The van der Waals surface area contributed by atoms with Gasteiger partial charge in [-0.3, -0.25) is 13.9 Å². The second kappa shape index (κ2) is 12.6. The Balaban J connectivity index is 2.19. The summed E-state index contributed by atoms with van der Waals surface area (Å²) in [5.74, 6) is -0.348. The Morgan fingerprint density at radius 1 is 1.00 bits per heavy atom. The number of hydrogen-bond acceptors (Lipinski definition) is 4. The minimum Gasteiger partial charge on any atom is -0.355 e. The zero-order valence-electron chi connectivity index (χ0n) is 20.9. The lowest BCUT2D eigenvalue weighted by molar-refractivity contribution is -0.141. The summed E-state index contributed by atoms with van der Waals surface area (Å²) in [6, 6.07) is 14.6. The normalized spacial score (nSPS) is 12.1. The molecule has 186 valence electrons. The van der Waals surface area contributed by atoms with Crippen molar-refractivity contribution in [2.24, 2.45) is 0 Å². The number of amides is 2. The molecule has 0 fully saturated rings. The molecule has 1 N–H and O–H groups in total. The zero-order chi connectivity index (χ0) is 25.3. The number of nitrogens with zero attached hydrogens (tertiary/aromatic N) is 2. The van der Waals surface area contributed by atoms with Gasteiger partial charge in [-0.05, 0) is 56.9 Å². The first-order valence-corrected chi connectivity index (χ1v) is 13.6. The predicted octanol–water partition coefficient (Wildman–Crippen LogP) is 3.79. The third-order valence-corrected chi connectivity index (χ3v) is 6.85. The van der Waals surface area contributed by atoms with E-state index in [0.717, 1.165) is 16.7 Å². The summed E-state index contributed by atoms with van der Waals surface area (Å²) in [4.78, 5) is 27.6. The first-order valence-electron chi connectivity index (χ1n) is 11.7. The molecule has 0 aliphatic heterocycles. The molecule has 2 aromatic carbocycles.